The van der Waals surface area contributed by atoms with Crippen LogP contribution < -0.4 is 4.74 Å². The molecule has 0 unspecified atom stereocenters. The van der Waals surface area contributed by atoms with E-state index in [9.17, 15) is 10.4 Å². The first-order chi connectivity index (χ1) is 10.7. The predicted octanol–water partition coefficient (Wildman–Crippen LogP) is 4.25. The summed E-state index contributed by atoms with van der Waals surface area (Å²) in [7, 11) is 1.58. The SMILES string of the molecule is COc1ccc(/C(O)=C(\C#N)c2nc3ccccc3s2)cc1. The molecule has 22 heavy (non-hydrogen) atoms. The number of allylic oxidation sites excluding steroid dienone is 1. The maximum atomic E-state index is 10.4. The molecule has 0 fully saturated rings. The van der Waals surface area contributed by atoms with Gasteiger partial charge in [0.2, 0.25) is 0 Å². The van der Waals surface area contributed by atoms with E-state index >= 15 is 0 Å². The summed E-state index contributed by atoms with van der Waals surface area (Å²) < 4.78 is 6.07. The second-order valence-electron chi connectivity index (χ2n) is 4.55. The molecule has 108 valence electrons. The lowest BCUT2D eigenvalue weighted by atomic mass is 10.1. The summed E-state index contributed by atoms with van der Waals surface area (Å²) in [5, 5.41) is 20.3. The lowest BCUT2D eigenvalue weighted by Gasteiger charge is -2.04. The molecule has 0 saturated carbocycles. The molecule has 0 spiro atoms. The van der Waals surface area contributed by atoms with Crippen molar-refractivity contribution >= 4 is 32.9 Å². The molecule has 4 nitrogen and oxygen atoms in total. The highest BCUT2D eigenvalue weighted by Gasteiger charge is 2.15. The van der Waals surface area contributed by atoms with Crippen LogP contribution in [0, 0.1) is 11.3 Å². The minimum absolute atomic E-state index is 0.0794. The molecule has 1 heterocycles. The molecule has 3 aromatic rings. The molecule has 0 radical (unpaired) electrons. The molecule has 0 amide bonds. The minimum Gasteiger partial charge on any atom is -0.506 e. The van der Waals surface area contributed by atoms with Crippen LogP contribution in [0.15, 0.2) is 48.5 Å². The fourth-order valence-electron chi connectivity index (χ4n) is 2.07. The molecular formula is C17H12N2O2S. The van der Waals surface area contributed by atoms with E-state index in [4.69, 9.17) is 4.74 Å². The summed E-state index contributed by atoms with van der Waals surface area (Å²) in [6.07, 6.45) is 0. The summed E-state index contributed by atoms with van der Waals surface area (Å²) in [6, 6.07) is 16.6. The van der Waals surface area contributed by atoms with Crippen molar-refractivity contribution in [3.63, 3.8) is 0 Å². The zero-order valence-electron chi connectivity index (χ0n) is 11.8. The molecule has 0 aliphatic rings. The lowest BCUT2D eigenvalue weighted by Crippen LogP contribution is -1.90. The number of aliphatic hydroxyl groups is 1. The average molecular weight is 308 g/mol. The zero-order chi connectivity index (χ0) is 15.5. The number of benzene rings is 2. The number of aromatic nitrogens is 1. The fraction of sp³-hybridized carbons (Fsp3) is 0.0588. The van der Waals surface area contributed by atoms with Crippen LogP contribution in [-0.4, -0.2) is 17.2 Å². The second kappa shape index (κ2) is 5.88. The quantitative estimate of drug-likeness (QED) is 0.580. The van der Waals surface area contributed by atoms with Gasteiger partial charge in [-0.1, -0.05) is 12.1 Å². The Bertz CT molecular complexity index is 856. The summed E-state index contributed by atoms with van der Waals surface area (Å²) in [5.41, 5.74) is 1.54. The van der Waals surface area contributed by atoms with Crippen molar-refractivity contribution in [3.8, 4) is 11.8 Å². The van der Waals surface area contributed by atoms with Crippen molar-refractivity contribution in [1.29, 1.82) is 5.26 Å². The van der Waals surface area contributed by atoms with Crippen molar-refractivity contribution in [2.75, 3.05) is 7.11 Å². The van der Waals surface area contributed by atoms with E-state index in [1.54, 1.807) is 31.4 Å². The highest BCUT2D eigenvalue weighted by Crippen LogP contribution is 2.31. The monoisotopic (exact) mass is 308 g/mol. The third-order valence-electron chi connectivity index (χ3n) is 3.22. The summed E-state index contributed by atoms with van der Waals surface area (Å²) in [4.78, 5) is 4.42. The first-order valence-corrected chi connectivity index (χ1v) is 7.38. The molecule has 5 heteroatoms. The number of methoxy groups -OCH3 is 1. The summed E-state index contributed by atoms with van der Waals surface area (Å²) in [5.74, 6) is 0.610. The van der Waals surface area contributed by atoms with Crippen molar-refractivity contribution in [2.45, 2.75) is 0 Å². The Morgan fingerprint density at radius 2 is 1.91 bits per heavy atom. The normalized spacial score (nSPS) is 11.8. The molecule has 0 aliphatic heterocycles. The third-order valence-corrected chi connectivity index (χ3v) is 4.27. The Balaban J connectivity index is 2.09. The Kier molecular flexibility index (Phi) is 3.77. The van der Waals surface area contributed by atoms with Gasteiger partial charge in [-0.3, -0.25) is 0 Å². The van der Waals surface area contributed by atoms with Gasteiger partial charge < -0.3 is 9.84 Å². The van der Waals surface area contributed by atoms with Crippen LogP contribution in [0.25, 0.3) is 21.5 Å². The van der Waals surface area contributed by atoms with E-state index in [0.29, 0.717) is 16.3 Å². The maximum Gasteiger partial charge on any atom is 0.143 e. The van der Waals surface area contributed by atoms with Gasteiger partial charge in [-0.05, 0) is 36.4 Å². The smallest absolute Gasteiger partial charge is 0.143 e. The number of rotatable bonds is 3. The Hall–Kier alpha value is -2.84. The Morgan fingerprint density at radius 3 is 2.55 bits per heavy atom. The number of ether oxygens (including phenoxy) is 1. The standard InChI is InChI=1S/C17H12N2O2S/c1-21-12-8-6-11(7-9-12)16(20)13(10-18)17-19-14-4-2-3-5-15(14)22-17/h2-9,20H,1H3/b16-13-. The van der Waals surface area contributed by atoms with E-state index in [0.717, 1.165) is 10.2 Å². The number of hydrogen-bond donors (Lipinski definition) is 1. The van der Waals surface area contributed by atoms with Crippen LogP contribution in [0.2, 0.25) is 0 Å². The first-order valence-electron chi connectivity index (χ1n) is 6.56. The predicted molar refractivity (Wildman–Crippen MR) is 87.7 cm³/mol. The van der Waals surface area contributed by atoms with Crippen LogP contribution in [0.4, 0.5) is 0 Å². The first kappa shape index (κ1) is 14.1. The zero-order valence-corrected chi connectivity index (χ0v) is 12.6. The van der Waals surface area contributed by atoms with Crippen molar-refractivity contribution in [3.05, 3.63) is 59.1 Å². The Labute approximate surface area is 131 Å². The number of aliphatic hydroxyl groups excluding tert-OH is 1. The number of fused-ring (bicyclic) bond motifs is 1. The topological polar surface area (TPSA) is 66.1 Å². The van der Waals surface area contributed by atoms with E-state index in [1.165, 1.54) is 11.3 Å². The number of hydrogen-bond acceptors (Lipinski definition) is 5. The van der Waals surface area contributed by atoms with E-state index in [-0.39, 0.29) is 11.3 Å². The van der Waals surface area contributed by atoms with Gasteiger partial charge in [0.15, 0.2) is 0 Å². The average Bonchev–Trinajstić information content (AvgIpc) is 2.99. The fourth-order valence-corrected chi connectivity index (χ4v) is 3.04. The van der Waals surface area contributed by atoms with Gasteiger partial charge in [0.05, 0.1) is 17.3 Å². The highest BCUT2D eigenvalue weighted by molar-refractivity contribution is 7.19. The molecule has 0 aliphatic carbocycles. The van der Waals surface area contributed by atoms with Crippen molar-refractivity contribution in [2.24, 2.45) is 0 Å². The molecule has 0 saturated heterocycles. The van der Waals surface area contributed by atoms with Crippen LogP contribution in [0.1, 0.15) is 10.6 Å². The van der Waals surface area contributed by atoms with E-state index < -0.39 is 0 Å². The second-order valence-corrected chi connectivity index (χ2v) is 5.58. The number of nitrogens with zero attached hydrogens (tertiary/aromatic N) is 2. The van der Waals surface area contributed by atoms with Gasteiger partial charge in [0.25, 0.3) is 0 Å². The van der Waals surface area contributed by atoms with Gasteiger partial charge in [0, 0.05) is 5.56 Å². The van der Waals surface area contributed by atoms with Crippen molar-refractivity contribution < 1.29 is 9.84 Å². The molecule has 1 N–H and O–H groups in total. The summed E-state index contributed by atoms with van der Waals surface area (Å²) >= 11 is 1.38. The van der Waals surface area contributed by atoms with Gasteiger partial charge in [0.1, 0.15) is 28.2 Å². The molecule has 0 bridgehead atoms. The molecule has 1 aromatic heterocycles. The molecule has 0 atom stereocenters. The van der Waals surface area contributed by atoms with Crippen LogP contribution >= 0.6 is 11.3 Å². The van der Waals surface area contributed by atoms with Crippen LogP contribution in [0.5, 0.6) is 5.75 Å². The minimum atomic E-state index is -0.0794. The number of nitriles is 1. The highest BCUT2D eigenvalue weighted by atomic mass is 32.1. The number of thiazole rings is 1. The van der Waals surface area contributed by atoms with Gasteiger partial charge in [-0.15, -0.1) is 11.3 Å². The molecule has 3 rings (SSSR count). The van der Waals surface area contributed by atoms with Gasteiger partial charge in [-0.25, -0.2) is 4.98 Å². The number of para-hydroxylation sites is 1. The summed E-state index contributed by atoms with van der Waals surface area (Å²) in [6.45, 7) is 0. The van der Waals surface area contributed by atoms with E-state index in [1.807, 2.05) is 24.3 Å². The van der Waals surface area contributed by atoms with Gasteiger partial charge in [-0.2, -0.15) is 5.26 Å². The Morgan fingerprint density at radius 1 is 1.18 bits per heavy atom. The van der Waals surface area contributed by atoms with Gasteiger partial charge >= 0.3 is 0 Å². The van der Waals surface area contributed by atoms with Crippen LogP contribution in [0.3, 0.4) is 0 Å². The molecular weight excluding hydrogens is 296 g/mol. The third kappa shape index (κ3) is 2.52. The van der Waals surface area contributed by atoms with Crippen molar-refractivity contribution in [1.82, 2.24) is 4.98 Å². The van der Waals surface area contributed by atoms with Crippen LogP contribution in [-0.2, 0) is 0 Å². The lowest BCUT2D eigenvalue weighted by molar-refractivity contribution is 0.414. The molecule has 2 aromatic carbocycles. The van der Waals surface area contributed by atoms with E-state index in [2.05, 4.69) is 11.1 Å². The maximum absolute atomic E-state index is 10.4. The largest absolute Gasteiger partial charge is 0.506 e.